The molecule has 0 radical (unpaired) electrons. The SMILES string of the molecule is Cc1cc(C(C)CN(O)C(N)=O)ccc1Cl. The summed E-state index contributed by atoms with van der Waals surface area (Å²) in [6.07, 6.45) is 0. The number of carbonyl (C=O) groups is 1. The second-order valence-corrected chi connectivity index (χ2v) is 4.24. The molecule has 0 aliphatic carbocycles. The molecular formula is C11H15ClN2O2. The van der Waals surface area contributed by atoms with E-state index in [-0.39, 0.29) is 12.5 Å². The number of rotatable bonds is 3. The zero-order chi connectivity index (χ0) is 12.3. The van der Waals surface area contributed by atoms with Crippen molar-refractivity contribution in [1.29, 1.82) is 0 Å². The van der Waals surface area contributed by atoms with Crippen molar-refractivity contribution in [3.05, 3.63) is 34.3 Å². The summed E-state index contributed by atoms with van der Waals surface area (Å²) in [5.74, 6) is -0.00605. The lowest BCUT2D eigenvalue weighted by atomic mass is 9.99. The normalized spacial score (nSPS) is 12.2. The number of nitrogens with zero attached hydrogens (tertiary/aromatic N) is 1. The zero-order valence-electron chi connectivity index (χ0n) is 9.27. The highest BCUT2D eigenvalue weighted by molar-refractivity contribution is 6.31. The van der Waals surface area contributed by atoms with Crippen LogP contribution in [0.2, 0.25) is 5.02 Å². The molecule has 5 heteroatoms. The molecule has 1 atom stereocenters. The Morgan fingerprint density at radius 3 is 2.75 bits per heavy atom. The average molecular weight is 243 g/mol. The summed E-state index contributed by atoms with van der Waals surface area (Å²) in [4.78, 5) is 10.7. The van der Waals surface area contributed by atoms with Gasteiger partial charge >= 0.3 is 6.03 Å². The van der Waals surface area contributed by atoms with Crippen LogP contribution >= 0.6 is 11.6 Å². The summed E-state index contributed by atoms with van der Waals surface area (Å²) >= 11 is 5.91. The van der Waals surface area contributed by atoms with Gasteiger partial charge in [0.1, 0.15) is 0 Å². The summed E-state index contributed by atoms with van der Waals surface area (Å²) in [6, 6.07) is 4.75. The molecule has 1 unspecified atom stereocenters. The number of amides is 2. The molecule has 0 bridgehead atoms. The van der Waals surface area contributed by atoms with E-state index >= 15 is 0 Å². The van der Waals surface area contributed by atoms with Crippen LogP contribution in [0.15, 0.2) is 18.2 Å². The monoisotopic (exact) mass is 242 g/mol. The maximum atomic E-state index is 10.7. The Morgan fingerprint density at radius 1 is 1.62 bits per heavy atom. The number of hydrogen-bond donors (Lipinski definition) is 2. The van der Waals surface area contributed by atoms with Gasteiger partial charge < -0.3 is 5.73 Å². The molecule has 0 saturated carbocycles. The molecule has 0 saturated heterocycles. The molecule has 0 heterocycles. The molecule has 0 aliphatic rings. The molecule has 0 fully saturated rings. The van der Waals surface area contributed by atoms with E-state index in [0.717, 1.165) is 11.1 Å². The van der Waals surface area contributed by atoms with Crippen LogP contribution in [0.4, 0.5) is 4.79 Å². The summed E-state index contributed by atoms with van der Waals surface area (Å²) in [5.41, 5.74) is 6.90. The first kappa shape index (κ1) is 12.8. The highest BCUT2D eigenvalue weighted by atomic mass is 35.5. The molecule has 3 N–H and O–H groups in total. The van der Waals surface area contributed by atoms with Crippen LogP contribution in [0.25, 0.3) is 0 Å². The molecular weight excluding hydrogens is 228 g/mol. The van der Waals surface area contributed by atoms with Gasteiger partial charge in [-0.25, -0.2) is 9.86 Å². The minimum Gasteiger partial charge on any atom is -0.350 e. The van der Waals surface area contributed by atoms with Gasteiger partial charge in [0.05, 0.1) is 6.54 Å². The number of hydrogen-bond acceptors (Lipinski definition) is 2. The van der Waals surface area contributed by atoms with E-state index in [4.69, 9.17) is 17.3 Å². The molecule has 1 aromatic rings. The number of hydroxylamine groups is 2. The highest BCUT2D eigenvalue weighted by Crippen LogP contribution is 2.22. The fourth-order valence-corrected chi connectivity index (χ4v) is 1.55. The smallest absolute Gasteiger partial charge is 0.338 e. The summed E-state index contributed by atoms with van der Waals surface area (Å²) in [5, 5.41) is 10.4. The number of primary amides is 1. The number of carbonyl (C=O) groups excluding carboxylic acids is 1. The van der Waals surface area contributed by atoms with Gasteiger partial charge in [0.25, 0.3) is 0 Å². The van der Waals surface area contributed by atoms with Crippen molar-refractivity contribution in [3.8, 4) is 0 Å². The van der Waals surface area contributed by atoms with Crippen molar-refractivity contribution in [2.45, 2.75) is 19.8 Å². The minimum atomic E-state index is -0.850. The van der Waals surface area contributed by atoms with Crippen molar-refractivity contribution in [2.75, 3.05) is 6.54 Å². The Kier molecular flexibility index (Phi) is 4.15. The third-order valence-electron chi connectivity index (χ3n) is 2.45. The van der Waals surface area contributed by atoms with Gasteiger partial charge in [-0.2, -0.15) is 0 Å². The number of aryl methyl sites for hydroxylation is 1. The summed E-state index contributed by atoms with van der Waals surface area (Å²) in [7, 11) is 0. The molecule has 2 amide bonds. The van der Waals surface area contributed by atoms with Crippen LogP contribution in [0.3, 0.4) is 0 Å². The maximum Gasteiger partial charge on any atom is 0.338 e. The van der Waals surface area contributed by atoms with Gasteiger partial charge in [-0.1, -0.05) is 30.7 Å². The second-order valence-electron chi connectivity index (χ2n) is 3.83. The predicted molar refractivity (Wildman–Crippen MR) is 62.7 cm³/mol. The first-order chi connectivity index (χ1) is 7.41. The topological polar surface area (TPSA) is 66.6 Å². The number of halogens is 1. The fraction of sp³-hybridized carbons (Fsp3) is 0.364. The summed E-state index contributed by atoms with van der Waals surface area (Å²) in [6.45, 7) is 3.97. The molecule has 0 aromatic heterocycles. The molecule has 1 aromatic carbocycles. The lowest BCUT2D eigenvalue weighted by Crippen LogP contribution is -2.35. The van der Waals surface area contributed by atoms with E-state index in [2.05, 4.69) is 0 Å². The Bertz CT molecular complexity index is 396. The Balaban J connectivity index is 2.76. The average Bonchev–Trinajstić information content (AvgIpc) is 2.21. The first-order valence-electron chi connectivity index (χ1n) is 4.93. The number of urea groups is 1. The Hall–Kier alpha value is -1.26. The van der Waals surface area contributed by atoms with Crippen LogP contribution < -0.4 is 5.73 Å². The molecule has 16 heavy (non-hydrogen) atoms. The molecule has 88 valence electrons. The molecule has 4 nitrogen and oxygen atoms in total. The third kappa shape index (κ3) is 3.12. The van der Waals surface area contributed by atoms with Gasteiger partial charge in [0.2, 0.25) is 0 Å². The third-order valence-corrected chi connectivity index (χ3v) is 2.88. The van der Waals surface area contributed by atoms with Gasteiger partial charge in [0, 0.05) is 10.9 Å². The van der Waals surface area contributed by atoms with E-state index in [1.165, 1.54) is 0 Å². The largest absolute Gasteiger partial charge is 0.350 e. The van der Waals surface area contributed by atoms with Crippen LogP contribution in [0.5, 0.6) is 0 Å². The summed E-state index contributed by atoms with van der Waals surface area (Å²) < 4.78 is 0. The minimum absolute atomic E-state index is 0.00605. The quantitative estimate of drug-likeness (QED) is 0.632. The zero-order valence-corrected chi connectivity index (χ0v) is 10.0. The van der Waals surface area contributed by atoms with E-state index in [1.54, 1.807) is 6.07 Å². The predicted octanol–water partition coefficient (Wildman–Crippen LogP) is 2.52. The van der Waals surface area contributed by atoms with Gasteiger partial charge in [-0.3, -0.25) is 5.21 Å². The second kappa shape index (κ2) is 5.18. The fourth-order valence-electron chi connectivity index (χ4n) is 1.43. The van der Waals surface area contributed by atoms with E-state index in [0.29, 0.717) is 10.1 Å². The maximum absolute atomic E-state index is 10.7. The molecule has 0 spiro atoms. The number of benzene rings is 1. The molecule has 0 aliphatic heterocycles. The number of nitrogens with two attached hydrogens (primary N) is 1. The van der Waals surface area contributed by atoms with Crippen molar-refractivity contribution in [2.24, 2.45) is 5.73 Å². The standard InChI is InChI=1S/C11H15ClN2O2/c1-7-5-9(3-4-10(7)12)8(2)6-14(16)11(13)15/h3-5,8,16H,6H2,1-2H3,(H2,13,15). The van der Waals surface area contributed by atoms with Crippen molar-refractivity contribution < 1.29 is 10.0 Å². The van der Waals surface area contributed by atoms with E-state index in [9.17, 15) is 10.0 Å². The van der Waals surface area contributed by atoms with Crippen molar-refractivity contribution in [1.82, 2.24) is 5.06 Å². The van der Waals surface area contributed by atoms with Gasteiger partial charge in [-0.05, 0) is 24.1 Å². The first-order valence-corrected chi connectivity index (χ1v) is 5.31. The highest BCUT2D eigenvalue weighted by Gasteiger charge is 2.13. The molecule has 1 rings (SSSR count). The Labute approximate surface area is 99.6 Å². The lowest BCUT2D eigenvalue weighted by Gasteiger charge is -2.18. The van der Waals surface area contributed by atoms with Gasteiger partial charge in [0.15, 0.2) is 0 Å². The van der Waals surface area contributed by atoms with Crippen molar-refractivity contribution in [3.63, 3.8) is 0 Å². The van der Waals surface area contributed by atoms with E-state index in [1.807, 2.05) is 26.0 Å². The van der Waals surface area contributed by atoms with Gasteiger partial charge in [-0.15, -0.1) is 0 Å². The van der Waals surface area contributed by atoms with E-state index < -0.39 is 6.03 Å². The van der Waals surface area contributed by atoms with Crippen LogP contribution in [-0.4, -0.2) is 22.8 Å². The van der Waals surface area contributed by atoms with Crippen LogP contribution in [0.1, 0.15) is 24.0 Å². The Morgan fingerprint density at radius 2 is 2.25 bits per heavy atom. The van der Waals surface area contributed by atoms with Crippen LogP contribution in [-0.2, 0) is 0 Å². The van der Waals surface area contributed by atoms with Crippen LogP contribution in [0, 0.1) is 6.92 Å². The lowest BCUT2D eigenvalue weighted by molar-refractivity contribution is -0.0427. The van der Waals surface area contributed by atoms with Crippen molar-refractivity contribution >= 4 is 17.6 Å².